The SMILES string of the molecule is CNCC(C)C(=O)NCCC(C)C. The van der Waals surface area contributed by atoms with Crippen LogP contribution in [0.1, 0.15) is 27.2 Å². The highest BCUT2D eigenvalue weighted by Gasteiger charge is 2.10. The van der Waals surface area contributed by atoms with Crippen molar-refractivity contribution in [2.24, 2.45) is 11.8 Å². The van der Waals surface area contributed by atoms with E-state index in [1.165, 1.54) is 0 Å². The Labute approximate surface area is 81.3 Å². The molecule has 0 radical (unpaired) electrons. The standard InChI is InChI=1S/C10H22N2O/c1-8(2)5-6-12-10(13)9(3)7-11-4/h8-9,11H,5-7H2,1-4H3,(H,12,13). The molecule has 0 aromatic heterocycles. The van der Waals surface area contributed by atoms with Crippen molar-refractivity contribution in [1.82, 2.24) is 10.6 Å². The van der Waals surface area contributed by atoms with Crippen LogP contribution in [0.2, 0.25) is 0 Å². The Hall–Kier alpha value is -0.570. The number of nitrogens with one attached hydrogen (secondary N) is 2. The molecule has 1 atom stereocenters. The Morgan fingerprint density at radius 1 is 1.31 bits per heavy atom. The first kappa shape index (κ1) is 12.4. The van der Waals surface area contributed by atoms with Crippen molar-refractivity contribution >= 4 is 5.91 Å². The fraction of sp³-hybridized carbons (Fsp3) is 0.900. The van der Waals surface area contributed by atoms with E-state index < -0.39 is 0 Å². The third kappa shape index (κ3) is 6.58. The molecule has 0 saturated carbocycles. The van der Waals surface area contributed by atoms with Gasteiger partial charge in [0.25, 0.3) is 0 Å². The predicted molar refractivity (Wildman–Crippen MR) is 55.6 cm³/mol. The molecule has 0 rings (SSSR count). The molecule has 0 heterocycles. The normalized spacial score (nSPS) is 13.0. The van der Waals surface area contributed by atoms with Crippen molar-refractivity contribution in [2.45, 2.75) is 27.2 Å². The fourth-order valence-corrected chi connectivity index (χ4v) is 1.06. The zero-order chi connectivity index (χ0) is 10.3. The van der Waals surface area contributed by atoms with Gasteiger partial charge in [-0.05, 0) is 19.4 Å². The predicted octanol–water partition coefficient (Wildman–Crippen LogP) is 1.00. The third-order valence-corrected chi connectivity index (χ3v) is 1.98. The number of rotatable bonds is 6. The monoisotopic (exact) mass is 186 g/mol. The Balaban J connectivity index is 3.50. The van der Waals surface area contributed by atoms with E-state index in [1.54, 1.807) is 0 Å². The molecule has 0 saturated heterocycles. The zero-order valence-electron chi connectivity index (χ0n) is 9.18. The van der Waals surface area contributed by atoms with Crippen LogP contribution in [0.3, 0.4) is 0 Å². The molecule has 0 aliphatic carbocycles. The van der Waals surface area contributed by atoms with Gasteiger partial charge in [-0.3, -0.25) is 4.79 Å². The smallest absolute Gasteiger partial charge is 0.224 e. The summed E-state index contributed by atoms with van der Waals surface area (Å²) in [4.78, 5) is 11.4. The van der Waals surface area contributed by atoms with E-state index in [0.717, 1.165) is 19.5 Å². The molecule has 1 amide bonds. The molecule has 3 nitrogen and oxygen atoms in total. The minimum absolute atomic E-state index is 0.0668. The molecule has 2 N–H and O–H groups in total. The topological polar surface area (TPSA) is 41.1 Å². The Morgan fingerprint density at radius 2 is 1.92 bits per heavy atom. The number of hydrogen-bond donors (Lipinski definition) is 2. The molecule has 0 aliphatic heterocycles. The summed E-state index contributed by atoms with van der Waals surface area (Å²) in [5.74, 6) is 0.868. The minimum Gasteiger partial charge on any atom is -0.356 e. The van der Waals surface area contributed by atoms with E-state index in [9.17, 15) is 4.79 Å². The highest BCUT2D eigenvalue weighted by molar-refractivity contribution is 5.78. The molecule has 0 bridgehead atoms. The van der Waals surface area contributed by atoms with Crippen molar-refractivity contribution in [3.8, 4) is 0 Å². The van der Waals surface area contributed by atoms with E-state index in [1.807, 2.05) is 14.0 Å². The number of hydrogen-bond acceptors (Lipinski definition) is 2. The second kappa shape index (κ2) is 6.89. The van der Waals surface area contributed by atoms with E-state index in [2.05, 4.69) is 24.5 Å². The van der Waals surface area contributed by atoms with Gasteiger partial charge in [-0.15, -0.1) is 0 Å². The van der Waals surface area contributed by atoms with Crippen LogP contribution in [0.4, 0.5) is 0 Å². The molecule has 78 valence electrons. The van der Waals surface area contributed by atoms with Gasteiger partial charge in [0.2, 0.25) is 5.91 Å². The van der Waals surface area contributed by atoms with Crippen LogP contribution >= 0.6 is 0 Å². The summed E-state index contributed by atoms with van der Waals surface area (Å²) in [6.45, 7) is 7.78. The lowest BCUT2D eigenvalue weighted by atomic mass is 10.1. The molecule has 0 aromatic carbocycles. The average molecular weight is 186 g/mol. The van der Waals surface area contributed by atoms with E-state index >= 15 is 0 Å². The number of amides is 1. The van der Waals surface area contributed by atoms with Gasteiger partial charge in [0.05, 0.1) is 0 Å². The second-order valence-corrected chi connectivity index (χ2v) is 3.93. The van der Waals surface area contributed by atoms with Gasteiger partial charge in [-0.25, -0.2) is 0 Å². The van der Waals surface area contributed by atoms with E-state index in [-0.39, 0.29) is 11.8 Å². The van der Waals surface area contributed by atoms with Crippen LogP contribution in [0.15, 0.2) is 0 Å². The Bertz CT molecular complexity index is 146. The summed E-state index contributed by atoms with van der Waals surface area (Å²) < 4.78 is 0. The van der Waals surface area contributed by atoms with Crippen LogP contribution in [-0.4, -0.2) is 26.0 Å². The first-order chi connectivity index (χ1) is 6.07. The second-order valence-electron chi connectivity index (χ2n) is 3.93. The van der Waals surface area contributed by atoms with E-state index in [0.29, 0.717) is 5.92 Å². The molecular formula is C10H22N2O. The van der Waals surface area contributed by atoms with Gasteiger partial charge >= 0.3 is 0 Å². The summed E-state index contributed by atoms with van der Waals surface area (Å²) in [6.07, 6.45) is 1.05. The maximum absolute atomic E-state index is 11.4. The highest BCUT2D eigenvalue weighted by atomic mass is 16.1. The molecule has 0 fully saturated rings. The maximum Gasteiger partial charge on any atom is 0.224 e. The molecule has 0 aromatic rings. The highest BCUT2D eigenvalue weighted by Crippen LogP contribution is 1.97. The first-order valence-electron chi connectivity index (χ1n) is 5.00. The van der Waals surface area contributed by atoms with Gasteiger partial charge in [0.15, 0.2) is 0 Å². The molecule has 13 heavy (non-hydrogen) atoms. The van der Waals surface area contributed by atoms with E-state index in [4.69, 9.17) is 0 Å². The molecule has 0 aliphatic rings. The molecular weight excluding hydrogens is 164 g/mol. The Kier molecular flexibility index (Phi) is 6.59. The number of carbonyl (C=O) groups is 1. The molecule has 3 heteroatoms. The van der Waals surface area contributed by atoms with Gasteiger partial charge in [-0.2, -0.15) is 0 Å². The summed E-state index contributed by atoms with van der Waals surface area (Å²) >= 11 is 0. The van der Waals surface area contributed by atoms with Crippen LogP contribution < -0.4 is 10.6 Å². The van der Waals surface area contributed by atoms with Crippen LogP contribution in [0.5, 0.6) is 0 Å². The van der Waals surface area contributed by atoms with Crippen molar-refractivity contribution in [2.75, 3.05) is 20.1 Å². The summed E-state index contributed by atoms with van der Waals surface area (Å²) in [5.41, 5.74) is 0. The summed E-state index contributed by atoms with van der Waals surface area (Å²) in [5, 5.41) is 5.91. The molecule has 1 unspecified atom stereocenters. The van der Waals surface area contributed by atoms with Crippen molar-refractivity contribution < 1.29 is 4.79 Å². The zero-order valence-corrected chi connectivity index (χ0v) is 9.18. The number of carbonyl (C=O) groups excluding carboxylic acids is 1. The maximum atomic E-state index is 11.4. The summed E-state index contributed by atoms with van der Waals surface area (Å²) in [6, 6.07) is 0. The lowest BCUT2D eigenvalue weighted by Crippen LogP contribution is -2.35. The van der Waals surface area contributed by atoms with Crippen molar-refractivity contribution in [3.63, 3.8) is 0 Å². The van der Waals surface area contributed by atoms with Crippen LogP contribution in [0, 0.1) is 11.8 Å². The lowest BCUT2D eigenvalue weighted by molar-refractivity contribution is -0.124. The average Bonchev–Trinajstić information content (AvgIpc) is 2.04. The van der Waals surface area contributed by atoms with Crippen LogP contribution in [-0.2, 0) is 4.79 Å². The minimum atomic E-state index is 0.0668. The van der Waals surface area contributed by atoms with Gasteiger partial charge in [-0.1, -0.05) is 20.8 Å². The lowest BCUT2D eigenvalue weighted by Gasteiger charge is -2.12. The van der Waals surface area contributed by atoms with Crippen molar-refractivity contribution in [1.29, 1.82) is 0 Å². The first-order valence-corrected chi connectivity index (χ1v) is 5.00. The molecule has 0 spiro atoms. The van der Waals surface area contributed by atoms with Crippen molar-refractivity contribution in [3.05, 3.63) is 0 Å². The van der Waals surface area contributed by atoms with Gasteiger partial charge < -0.3 is 10.6 Å². The van der Waals surface area contributed by atoms with Gasteiger partial charge in [0.1, 0.15) is 0 Å². The third-order valence-electron chi connectivity index (χ3n) is 1.98. The van der Waals surface area contributed by atoms with Gasteiger partial charge in [0, 0.05) is 19.0 Å². The Morgan fingerprint density at radius 3 is 2.38 bits per heavy atom. The van der Waals surface area contributed by atoms with Crippen LogP contribution in [0.25, 0.3) is 0 Å². The quantitative estimate of drug-likeness (QED) is 0.650. The summed E-state index contributed by atoms with van der Waals surface area (Å²) in [7, 11) is 1.86. The largest absolute Gasteiger partial charge is 0.356 e. The fourth-order valence-electron chi connectivity index (χ4n) is 1.06.